The van der Waals surface area contributed by atoms with Crippen LogP contribution in [0.2, 0.25) is 0 Å². The lowest BCUT2D eigenvalue weighted by Crippen LogP contribution is -2.16. The number of aromatic nitrogens is 2. The molecule has 0 amide bonds. The number of nitrogens with zero attached hydrogens (tertiary/aromatic N) is 1. The number of hydrogen-bond acceptors (Lipinski definition) is 3. The average molecular weight is 191 g/mol. The van der Waals surface area contributed by atoms with Crippen LogP contribution >= 0.6 is 0 Å². The number of H-pyrrole nitrogens is 1. The quantitative estimate of drug-likeness (QED) is 0.673. The van der Waals surface area contributed by atoms with Gasteiger partial charge >= 0.3 is 0 Å². The summed E-state index contributed by atoms with van der Waals surface area (Å²) < 4.78 is 0. The third-order valence-electron chi connectivity index (χ3n) is 2.27. The van der Waals surface area contributed by atoms with Crippen molar-refractivity contribution in [2.45, 2.75) is 6.10 Å². The number of aliphatic hydroxyl groups excluding tert-OH is 1. The Morgan fingerprint density at radius 2 is 2.43 bits per heavy atom. The zero-order valence-electron chi connectivity index (χ0n) is 7.99. The van der Waals surface area contributed by atoms with Crippen molar-refractivity contribution in [2.75, 3.05) is 13.6 Å². The SMILES string of the molecule is CNCC(O)c1cccc2cn[nH]c12. The summed E-state index contributed by atoms with van der Waals surface area (Å²) in [5.41, 5.74) is 1.80. The van der Waals surface area contributed by atoms with E-state index in [-0.39, 0.29) is 0 Å². The maximum Gasteiger partial charge on any atom is 0.0935 e. The second kappa shape index (κ2) is 3.77. The Balaban J connectivity index is 2.45. The first-order valence-electron chi connectivity index (χ1n) is 4.57. The smallest absolute Gasteiger partial charge is 0.0935 e. The molecule has 0 saturated heterocycles. The third-order valence-corrected chi connectivity index (χ3v) is 2.27. The van der Waals surface area contributed by atoms with Crippen LogP contribution in [0.3, 0.4) is 0 Å². The standard InChI is InChI=1S/C10H13N3O/c1-11-6-9(14)8-4-2-3-7-5-12-13-10(7)8/h2-5,9,11,14H,6H2,1H3,(H,12,13). The van der Waals surface area contributed by atoms with Crippen LogP contribution in [0.25, 0.3) is 10.9 Å². The highest BCUT2D eigenvalue weighted by molar-refractivity contribution is 5.81. The minimum atomic E-state index is -0.496. The number of nitrogens with one attached hydrogen (secondary N) is 2. The van der Waals surface area contributed by atoms with Crippen LogP contribution in [0.1, 0.15) is 11.7 Å². The number of para-hydroxylation sites is 1. The fraction of sp³-hybridized carbons (Fsp3) is 0.300. The zero-order chi connectivity index (χ0) is 9.97. The lowest BCUT2D eigenvalue weighted by Gasteiger charge is -2.10. The molecule has 2 rings (SSSR count). The summed E-state index contributed by atoms with van der Waals surface area (Å²) in [6.45, 7) is 0.540. The summed E-state index contributed by atoms with van der Waals surface area (Å²) in [4.78, 5) is 0. The highest BCUT2D eigenvalue weighted by Crippen LogP contribution is 2.21. The first-order valence-corrected chi connectivity index (χ1v) is 4.57. The Hall–Kier alpha value is -1.39. The van der Waals surface area contributed by atoms with Gasteiger partial charge in [-0.05, 0) is 7.05 Å². The second-order valence-electron chi connectivity index (χ2n) is 3.25. The van der Waals surface area contributed by atoms with Crippen molar-refractivity contribution >= 4 is 10.9 Å². The molecular formula is C10H13N3O. The molecule has 4 nitrogen and oxygen atoms in total. The molecule has 1 atom stereocenters. The molecule has 1 aromatic heterocycles. The topological polar surface area (TPSA) is 60.9 Å². The number of benzene rings is 1. The molecule has 0 aliphatic carbocycles. The molecule has 0 bridgehead atoms. The minimum absolute atomic E-state index is 0.496. The first kappa shape index (κ1) is 9.18. The molecule has 1 heterocycles. The van der Waals surface area contributed by atoms with Crippen LogP contribution < -0.4 is 5.32 Å². The van der Waals surface area contributed by atoms with Crippen molar-refractivity contribution in [3.63, 3.8) is 0 Å². The molecule has 74 valence electrons. The van der Waals surface area contributed by atoms with Crippen LogP contribution in [0.4, 0.5) is 0 Å². The van der Waals surface area contributed by atoms with Crippen LogP contribution in [-0.4, -0.2) is 28.9 Å². The predicted molar refractivity (Wildman–Crippen MR) is 55.0 cm³/mol. The lowest BCUT2D eigenvalue weighted by molar-refractivity contribution is 0.179. The highest BCUT2D eigenvalue weighted by Gasteiger charge is 2.10. The molecule has 1 unspecified atom stereocenters. The van der Waals surface area contributed by atoms with Crippen molar-refractivity contribution in [3.05, 3.63) is 30.0 Å². The largest absolute Gasteiger partial charge is 0.387 e. The number of likely N-dealkylation sites (N-methyl/N-ethyl adjacent to an activating group) is 1. The molecule has 0 aliphatic rings. The maximum absolute atomic E-state index is 9.83. The monoisotopic (exact) mass is 191 g/mol. The van der Waals surface area contributed by atoms with E-state index in [9.17, 15) is 5.11 Å². The van der Waals surface area contributed by atoms with Gasteiger partial charge in [0.05, 0.1) is 17.8 Å². The molecule has 0 radical (unpaired) electrons. The van der Waals surface area contributed by atoms with Gasteiger partial charge in [-0.3, -0.25) is 5.10 Å². The maximum atomic E-state index is 9.83. The molecule has 1 aromatic carbocycles. The molecular weight excluding hydrogens is 178 g/mol. The summed E-state index contributed by atoms with van der Waals surface area (Å²) in [6.07, 6.45) is 1.26. The van der Waals surface area contributed by atoms with E-state index in [0.29, 0.717) is 6.54 Å². The van der Waals surface area contributed by atoms with Crippen LogP contribution in [0.15, 0.2) is 24.4 Å². The summed E-state index contributed by atoms with van der Waals surface area (Å²) in [6, 6.07) is 5.79. The summed E-state index contributed by atoms with van der Waals surface area (Å²) in [5, 5.41) is 20.6. The Morgan fingerprint density at radius 3 is 3.21 bits per heavy atom. The van der Waals surface area contributed by atoms with Crippen LogP contribution in [0, 0.1) is 0 Å². The van der Waals surface area contributed by atoms with Gasteiger partial charge in [-0.15, -0.1) is 0 Å². The molecule has 0 aliphatic heterocycles. The van der Waals surface area contributed by atoms with Gasteiger partial charge in [0.25, 0.3) is 0 Å². The second-order valence-corrected chi connectivity index (χ2v) is 3.25. The molecule has 0 saturated carbocycles. The fourth-order valence-electron chi connectivity index (χ4n) is 1.57. The van der Waals surface area contributed by atoms with Crippen molar-refractivity contribution < 1.29 is 5.11 Å². The van der Waals surface area contributed by atoms with Gasteiger partial charge in [-0.1, -0.05) is 18.2 Å². The average Bonchev–Trinajstić information content (AvgIpc) is 2.65. The van der Waals surface area contributed by atoms with Gasteiger partial charge in [0.2, 0.25) is 0 Å². The third kappa shape index (κ3) is 1.49. The fourth-order valence-corrected chi connectivity index (χ4v) is 1.57. The minimum Gasteiger partial charge on any atom is -0.387 e. The predicted octanol–water partition coefficient (Wildman–Crippen LogP) is 0.816. The Bertz CT molecular complexity index is 424. The molecule has 0 spiro atoms. The van der Waals surface area contributed by atoms with Gasteiger partial charge < -0.3 is 10.4 Å². The van der Waals surface area contributed by atoms with Crippen molar-refractivity contribution in [2.24, 2.45) is 0 Å². The summed E-state index contributed by atoms with van der Waals surface area (Å²) in [5.74, 6) is 0. The number of rotatable bonds is 3. The van der Waals surface area contributed by atoms with Gasteiger partial charge in [-0.25, -0.2) is 0 Å². The van der Waals surface area contributed by atoms with Crippen molar-refractivity contribution in [1.82, 2.24) is 15.5 Å². The zero-order valence-corrected chi connectivity index (χ0v) is 7.99. The Kier molecular flexibility index (Phi) is 2.47. The van der Waals surface area contributed by atoms with E-state index < -0.39 is 6.10 Å². The van der Waals surface area contributed by atoms with Gasteiger partial charge in [0, 0.05) is 17.5 Å². The lowest BCUT2D eigenvalue weighted by atomic mass is 10.1. The molecule has 3 N–H and O–H groups in total. The number of hydrogen-bond donors (Lipinski definition) is 3. The number of fused-ring (bicyclic) bond motifs is 1. The van der Waals surface area contributed by atoms with Crippen LogP contribution in [0.5, 0.6) is 0 Å². The summed E-state index contributed by atoms with van der Waals surface area (Å²) in [7, 11) is 1.82. The Labute approximate surface area is 81.9 Å². The molecule has 14 heavy (non-hydrogen) atoms. The highest BCUT2D eigenvalue weighted by atomic mass is 16.3. The van der Waals surface area contributed by atoms with E-state index in [2.05, 4.69) is 15.5 Å². The van der Waals surface area contributed by atoms with E-state index in [1.54, 1.807) is 6.20 Å². The van der Waals surface area contributed by atoms with Crippen LogP contribution in [-0.2, 0) is 0 Å². The first-order chi connectivity index (χ1) is 6.83. The normalized spacial score (nSPS) is 13.3. The molecule has 0 fully saturated rings. The van der Waals surface area contributed by atoms with E-state index in [1.165, 1.54) is 0 Å². The molecule has 2 aromatic rings. The van der Waals surface area contributed by atoms with E-state index >= 15 is 0 Å². The number of aromatic amines is 1. The summed E-state index contributed by atoms with van der Waals surface area (Å²) >= 11 is 0. The van der Waals surface area contributed by atoms with Gasteiger partial charge in [-0.2, -0.15) is 5.10 Å². The van der Waals surface area contributed by atoms with Crippen molar-refractivity contribution in [3.8, 4) is 0 Å². The van der Waals surface area contributed by atoms with E-state index in [4.69, 9.17) is 0 Å². The Morgan fingerprint density at radius 1 is 1.57 bits per heavy atom. The van der Waals surface area contributed by atoms with Gasteiger partial charge in [0.1, 0.15) is 0 Å². The van der Waals surface area contributed by atoms with E-state index in [0.717, 1.165) is 16.5 Å². The van der Waals surface area contributed by atoms with Crippen molar-refractivity contribution in [1.29, 1.82) is 0 Å². The molecule has 4 heteroatoms. The van der Waals surface area contributed by atoms with Gasteiger partial charge in [0.15, 0.2) is 0 Å². The van der Waals surface area contributed by atoms with E-state index in [1.807, 2.05) is 25.2 Å². The number of aliphatic hydroxyl groups is 1.